The standard InChI is InChI=1S/C19H33NO2/c1-4-10-19(22,11-5-2)12-8-16-14-17(7-6-15(16)3)18(21)9-13-20/h6-7,14,18,21-22H,4-5,8-13,20H2,1-3H3. The molecule has 1 aromatic rings. The lowest BCUT2D eigenvalue weighted by molar-refractivity contribution is 0.0132. The predicted octanol–water partition coefficient (Wildman–Crippen LogP) is 3.64. The number of aliphatic hydroxyl groups excluding tert-OH is 1. The summed E-state index contributed by atoms with van der Waals surface area (Å²) < 4.78 is 0. The van der Waals surface area contributed by atoms with Gasteiger partial charge in [-0.15, -0.1) is 0 Å². The van der Waals surface area contributed by atoms with Crippen LogP contribution < -0.4 is 5.73 Å². The van der Waals surface area contributed by atoms with E-state index < -0.39 is 11.7 Å². The summed E-state index contributed by atoms with van der Waals surface area (Å²) in [4.78, 5) is 0. The molecule has 4 N–H and O–H groups in total. The first-order valence-electron chi connectivity index (χ1n) is 8.65. The molecule has 3 nitrogen and oxygen atoms in total. The summed E-state index contributed by atoms with van der Waals surface area (Å²) >= 11 is 0. The van der Waals surface area contributed by atoms with Crippen LogP contribution in [0.1, 0.15) is 75.2 Å². The Morgan fingerprint density at radius 1 is 1.14 bits per heavy atom. The number of rotatable bonds is 10. The minimum Gasteiger partial charge on any atom is -0.390 e. The Bertz CT molecular complexity index is 439. The number of aryl methyl sites for hydroxylation is 2. The van der Waals surface area contributed by atoms with Crippen molar-refractivity contribution in [2.45, 2.75) is 77.4 Å². The third-order valence-electron chi connectivity index (χ3n) is 4.49. The van der Waals surface area contributed by atoms with E-state index in [9.17, 15) is 10.2 Å². The van der Waals surface area contributed by atoms with Gasteiger partial charge >= 0.3 is 0 Å². The molecule has 0 aliphatic carbocycles. The zero-order chi connectivity index (χ0) is 16.6. The maximum Gasteiger partial charge on any atom is 0.0802 e. The molecule has 1 unspecified atom stereocenters. The van der Waals surface area contributed by atoms with Gasteiger partial charge in [-0.3, -0.25) is 0 Å². The van der Waals surface area contributed by atoms with Crippen molar-refractivity contribution in [2.75, 3.05) is 6.54 Å². The third kappa shape index (κ3) is 5.71. The van der Waals surface area contributed by atoms with E-state index >= 15 is 0 Å². The van der Waals surface area contributed by atoms with Crippen LogP contribution in [0.4, 0.5) is 0 Å². The molecule has 1 atom stereocenters. The zero-order valence-corrected chi connectivity index (χ0v) is 14.4. The summed E-state index contributed by atoms with van der Waals surface area (Å²) in [6, 6.07) is 6.11. The number of benzene rings is 1. The lowest BCUT2D eigenvalue weighted by Crippen LogP contribution is -2.29. The van der Waals surface area contributed by atoms with E-state index in [1.165, 1.54) is 11.1 Å². The average molecular weight is 307 g/mol. The van der Waals surface area contributed by atoms with E-state index in [1.54, 1.807) is 0 Å². The van der Waals surface area contributed by atoms with Crippen LogP contribution in [0.25, 0.3) is 0 Å². The minimum absolute atomic E-state index is 0.483. The van der Waals surface area contributed by atoms with E-state index in [0.717, 1.165) is 44.1 Å². The van der Waals surface area contributed by atoms with Crippen LogP contribution in [0.3, 0.4) is 0 Å². The molecule has 0 bridgehead atoms. The minimum atomic E-state index is -0.554. The molecule has 0 aromatic heterocycles. The van der Waals surface area contributed by atoms with Gasteiger partial charge in [-0.1, -0.05) is 44.9 Å². The van der Waals surface area contributed by atoms with Crippen LogP contribution in [-0.2, 0) is 6.42 Å². The zero-order valence-electron chi connectivity index (χ0n) is 14.4. The van der Waals surface area contributed by atoms with E-state index in [-0.39, 0.29) is 0 Å². The molecular weight excluding hydrogens is 274 g/mol. The summed E-state index contributed by atoms with van der Waals surface area (Å²) in [5.74, 6) is 0. The third-order valence-corrected chi connectivity index (χ3v) is 4.49. The molecule has 22 heavy (non-hydrogen) atoms. The van der Waals surface area contributed by atoms with E-state index in [4.69, 9.17) is 5.73 Å². The van der Waals surface area contributed by atoms with Gasteiger partial charge in [-0.05, 0) is 62.3 Å². The molecule has 0 fully saturated rings. The highest BCUT2D eigenvalue weighted by atomic mass is 16.3. The van der Waals surface area contributed by atoms with Crippen LogP contribution in [0.5, 0.6) is 0 Å². The Labute approximate surface area is 135 Å². The Hall–Kier alpha value is -0.900. The maximum absolute atomic E-state index is 10.8. The monoisotopic (exact) mass is 307 g/mol. The van der Waals surface area contributed by atoms with Crippen molar-refractivity contribution in [1.29, 1.82) is 0 Å². The number of aliphatic hydroxyl groups is 2. The molecular formula is C19H33NO2. The van der Waals surface area contributed by atoms with Gasteiger partial charge in [0.25, 0.3) is 0 Å². The van der Waals surface area contributed by atoms with Gasteiger partial charge in [0.05, 0.1) is 11.7 Å². The largest absolute Gasteiger partial charge is 0.390 e. The van der Waals surface area contributed by atoms with Gasteiger partial charge in [0, 0.05) is 0 Å². The first kappa shape index (κ1) is 19.1. The Balaban J connectivity index is 2.81. The second-order valence-corrected chi connectivity index (χ2v) is 6.50. The predicted molar refractivity (Wildman–Crippen MR) is 92.9 cm³/mol. The first-order valence-corrected chi connectivity index (χ1v) is 8.65. The molecule has 0 amide bonds. The van der Waals surface area contributed by atoms with Gasteiger partial charge in [-0.2, -0.15) is 0 Å². The molecule has 0 aliphatic rings. The molecule has 0 spiro atoms. The average Bonchev–Trinajstić information content (AvgIpc) is 2.47. The highest BCUT2D eigenvalue weighted by Crippen LogP contribution is 2.27. The summed E-state index contributed by atoms with van der Waals surface area (Å²) in [5, 5.41) is 20.9. The highest BCUT2D eigenvalue weighted by Gasteiger charge is 2.24. The fraction of sp³-hybridized carbons (Fsp3) is 0.684. The Morgan fingerprint density at radius 2 is 1.77 bits per heavy atom. The molecule has 126 valence electrons. The normalized spacial score (nSPS) is 13.4. The van der Waals surface area contributed by atoms with E-state index in [2.05, 4.69) is 32.9 Å². The van der Waals surface area contributed by atoms with Crippen molar-refractivity contribution in [3.8, 4) is 0 Å². The van der Waals surface area contributed by atoms with Gasteiger partial charge in [-0.25, -0.2) is 0 Å². The smallest absolute Gasteiger partial charge is 0.0802 e. The lowest BCUT2D eigenvalue weighted by atomic mass is 9.85. The second kappa shape index (κ2) is 9.29. The molecule has 1 rings (SSSR count). The molecule has 0 aliphatic heterocycles. The van der Waals surface area contributed by atoms with Gasteiger partial charge in [0.15, 0.2) is 0 Å². The van der Waals surface area contributed by atoms with Crippen molar-refractivity contribution >= 4 is 0 Å². The fourth-order valence-corrected chi connectivity index (χ4v) is 3.17. The Morgan fingerprint density at radius 3 is 2.32 bits per heavy atom. The van der Waals surface area contributed by atoms with Crippen LogP contribution in [0.15, 0.2) is 18.2 Å². The number of hydrogen-bond donors (Lipinski definition) is 3. The lowest BCUT2D eigenvalue weighted by Gasteiger charge is -2.28. The highest BCUT2D eigenvalue weighted by molar-refractivity contribution is 5.32. The summed E-state index contributed by atoms with van der Waals surface area (Å²) in [6.07, 6.45) is 5.45. The number of nitrogens with two attached hydrogens (primary N) is 1. The molecule has 1 aromatic carbocycles. The van der Waals surface area contributed by atoms with Crippen molar-refractivity contribution in [2.24, 2.45) is 5.73 Å². The van der Waals surface area contributed by atoms with Gasteiger partial charge in [0.2, 0.25) is 0 Å². The topological polar surface area (TPSA) is 66.5 Å². The van der Waals surface area contributed by atoms with Crippen molar-refractivity contribution in [1.82, 2.24) is 0 Å². The Kier molecular flexibility index (Phi) is 8.08. The summed E-state index contributed by atoms with van der Waals surface area (Å²) in [7, 11) is 0. The maximum atomic E-state index is 10.8. The van der Waals surface area contributed by atoms with Crippen LogP contribution >= 0.6 is 0 Å². The molecule has 3 heteroatoms. The van der Waals surface area contributed by atoms with Gasteiger partial charge in [0.1, 0.15) is 0 Å². The molecule has 0 radical (unpaired) electrons. The quantitative estimate of drug-likeness (QED) is 0.618. The fourth-order valence-electron chi connectivity index (χ4n) is 3.17. The molecule has 0 saturated heterocycles. The molecule has 0 heterocycles. The van der Waals surface area contributed by atoms with Gasteiger partial charge < -0.3 is 15.9 Å². The van der Waals surface area contributed by atoms with E-state index in [1.807, 2.05) is 6.07 Å². The number of hydrogen-bond acceptors (Lipinski definition) is 3. The van der Waals surface area contributed by atoms with Crippen molar-refractivity contribution in [3.63, 3.8) is 0 Å². The summed E-state index contributed by atoms with van der Waals surface area (Å²) in [5.41, 5.74) is 8.34. The van der Waals surface area contributed by atoms with E-state index in [0.29, 0.717) is 13.0 Å². The van der Waals surface area contributed by atoms with Crippen LogP contribution in [-0.4, -0.2) is 22.4 Å². The van der Waals surface area contributed by atoms with Crippen LogP contribution in [0, 0.1) is 6.92 Å². The SMILES string of the molecule is CCCC(O)(CCC)CCc1cc(C(O)CCN)ccc1C. The second-order valence-electron chi connectivity index (χ2n) is 6.50. The van der Waals surface area contributed by atoms with Crippen LogP contribution in [0.2, 0.25) is 0 Å². The molecule has 0 saturated carbocycles. The first-order chi connectivity index (χ1) is 10.5. The van der Waals surface area contributed by atoms with Crippen molar-refractivity contribution < 1.29 is 10.2 Å². The van der Waals surface area contributed by atoms with Crippen molar-refractivity contribution in [3.05, 3.63) is 34.9 Å². The summed E-state index contributed by atoms with van der Waals surface area (Å²) in [6.45, 7) is 6.82.